The highest BCUT2D eigenvalue weighted by Crippen LogP contribution is 2.07. The van der Waals surface area contributed by atoms with Gasteiger partial charge in [-0.1, -0.05) is 13.3 Å². The molecule has 0 rings (SSSR count). The predicted octanol–water partition coefficient (Wildman–Crippen LogP) is 1.42. The summed E-state index contributed by atoms with van der Waals surface area (Å²) < 4.78 is 1.19. The van der Waals surface area contributed by atoms with E-state index in [0.29, 0.717) is 9.29 Å². The van der Waals surface area contributed by atoms with Gasteiger partial charge in [0.05, 0.1) is 0 Å². The van der Waals surface area contributed by atoms with Crippen LogP contribution in [-0.4, -0.2) is 51.1 Å². The lowest BCUT2D eigenvalue weighted by Crippen LogP contribution is -2.51. The second kappa shape index (κ2) is 4.21. The number of hydrogen-bond donors (Lipinski definition) is 0. The molecule has 3 heteroatoms. The molecule has 0 unspecified atom stereocenters. The van der Waals surface area contributed by atoms with Crippen LogP contribution in [0.3, 0.4) is 0 Å². The summed E-state index contributed by atoms with van der Waals surface area (Å²) in [6.07, 6.45) is 2.44. The number of hydrogen-bond acceptors (Lipinski definition) is 1. The van der Waals surface area contributed by atoms with Gasteiger partial charge in [0.25, 0.3) is 0 Å². The minimum atomic E-state index is 0.552. The summed E-state index contributed by atoms with van der Waals surface area (Å²) in [4.78, 5) is 5.80. The summed E-state index contributed by atoms with van der Waals surface area (Å²) in [5.41, 5.74) is 0. The van der Waals surface area contributed by atoms with Crippen molar-refractivity contribution >= 4 is 0 Å². The number of nitrogens with zero attached hydrogens (tertiary/aromatic N) is 2. The molecule has 0 saturated heterocycles. The minimum Gasteiger partial charge on any atom is -0.135 e. The van der Waals surface area contributed by atoms with Crippen LogP contribution in [0.1, 0.15) is 19.8 Å². The zero-order chi connectivity index (χ0) is 9.83. The molecule has 0 bridgehead atoms. The normalized spacial score (nSPS) is 13.5. The van der Waals surface area contributed by atoms with Crippen LogP contribution < -0.4 is 0 Å². The molecule has 0 aromatic carbocycles. The highest BCUT2D eigenvalue weighted by Gasteiger charge is 2.26. The number of hydroxylamine groups is 6. The Morgan fingerprint density at radius 3 is 1.83 bits per heavy atom. The smallest absolute Gasteiger partial charge is 0.114 e. The van der Waals surface area contributed by atoms with Crippen LogP contribution in [0.4, 0.5) is 0 Å². The average Bonchev–Trinajstić information content (AvgIpc) is 1.78. The van der Waals surface area contributed by atoms with Crippen molar-refractivity contribution in [2.75, 3.05) is 41.8 Å². The molecule has 0 spiro atoms. The molecule has 0 heterocycles. The van der Waals surface area contributed by atoms with Gasteiger partial charge in [-0.05, 0) is 11.4 Å². The van der Waals surface area contributed by atoms with Gasteiger partial charge in [-0.15, -0.1) is 9.29 Å². The van der Waals surface area contributed by atoms with E-state index in [4.69, 9.17) is 4.94 Å². The Hall–Kier alpha value is -0.120. The number of quaternary nitrogens is 2. The average molecular weight is 176 g/mol. The monoisotopic (exact) mass is 176 g/mol. The Labute approximate surface area is 76.6 Å². The molecule has 3 nitrogen and oxygen atoms in total. The van der Waals surface area contributed by atoms with Gasteiger partial charge in [-0.2, -0.15) is 0 Å². The maximum Gasteiger partial charge on any atom is 0.114 e. The Bertz CT molecular complexity index is 127. The molecular formula is C9H24N2O+2. The third kappa shape index (κ3) is 6.58. The third-order valence-corrected chi connectivity index (χ3v) is 1.52. The van der Waals surface area contributed by atoms with E-state index >= 15 is 0 Å². The Kier molecular flexibility index (Phi) is 4.17. The first-order valence-electron chi connectivity index (χ1n) is 4.62. The maximum absolute atomic E-state index is 5.80. The van der Waals surface area contributed by atoms with Crippen LogP contribution in [0.2, 0.25) is 0 Å². The van der Waals surface area contributed by atoms with E-state index < -0.39 is 0 Å². The molecule has 0 aliphatic heterocycles. The Morgan fingerprint density at radius 2 is 1.50 bits per heavy atom. The fraction of sp³-hybridized carbons (Fsp3) is 1.00. The Balaban J connectivity index is 3.86. The molecule has 0 amide bonds. The SMILES string of the molecule is CCCC[N+](C)(C)O[N+](C)(C)C. The van der Waals surface area contributed by atoms with E-state index in [1.165, 1.54) is 12.8 Å². The molecule has 0 aliphatic rings. The quantitative estimate of drug-likeness (QED) is 0.455. The lowest BCUT2D eigenvalue weighted by molar-refractivity contribution is -1.32. The van der Waals surface area contributed by atoms with Crippen LogP contribution in [0.15, 0.2) is 0 Å². The van der Waals surface area contributed by atoms with Crippen molar-refractivity contribution < 1.29 is 14.2 Å². The zero-order valence-corrected chi connectivity index (χ0v) is 9.42. The molecule has 0 aromatic heterocycles. The van der Waals surface area contributed by atoms with Crippen molar-refractivity contribution in [1.29, 1.82) is 0 Å². The van der Waals surface area contributed by atoms with E-state index in [0.717, 1.165) is 6.54 Å². The fourth-order valence-corrected chi connectivity index (χ4v) is 1.24. The lowest BCUT2D eigenvalue weighted by Gasteiger charge is -2.31. The molecule has 0 fully saturated rings. The summed E-state index contributed by atoms with van der Waals surface area (Å²) in [5.74, 6) is 0. The van der Waals surface area contributed by atoms with Crippen molar-refractivity contribution in [3.8, 4) is 0 Å². The minimum absolute atomic E-state index is 0.552. The molecule has 0 radical (unpaired) electrons. The van der Waals surface area contributed by atoms with Crippen LogP contribution >= 0.6 is 0 Å². The topological polar surface area (TPSA) is 9.23 Å². The van der Waals surface area contributed by atoms with Gasteiger partial charge in [0.15, 0.2) is 0 Å². The van der Waals surface area contributed by atoms with Crippen molar-refractivity contribution in [3.05, 3.63) is 0 Å². The highest BCUT2D eigenvalue weighted by molar-refractivity contribution is 4.27. The molecule has 0 aromatic rings. The van der Waals surface area contributed by atoms with Crippen LogP contribution in [0.5, 0.6) is 0 Å². The fourth-order valence-electron chi connectivity index (χ4n) is 1.24. The second-order valence-electron chi connectivity index (χ2n) is 4.62. The van der Waals surface area contributed by atoms with E-state index in [-0.39, 0.29) is 0 Å². The van der Waals surface area contributed by atoms with Gasteiger partial charge in [0.1, 0.15) is 41.8 Å². The molecule has 0 atom stereocenters. The maximum atomic E-state index is 5.80. The van der Waals surface area contributed by atoms with Crippen molar-refractivity contribution in [2.24, 2.45) is 0 Å². The molecule has 12 heavy (non-hydrogen) atoms. The number of rotatable bonds is 5. The lowest BCUT2D eigenvalue weighted by atomic mass is 10.3. The first kappa shape index (κ1) is 11.9. The van der Waals surface area contributed by atoms with Gasteiger partial charge >= 0.3 is 0 Å². The Morgan fingerprint density at radius 1 is 1.00 bits per heavy atom. The van der Waals surface area contributed by atoms with Gasteiger partial charge in [0.2, 0.25) is 0 Å². The van der Waals surface area contributed by atoms with Crippen LogP contribution in [0.25, 0.3) is 0 Å². The van der Waals surface area contributed by atoms with Crippen molar-refractivity contribution in [3.63, 3.8) is 0 Å². The molecule has 0 N–H and O–H groups in total. The van der Waals surface area contributed by atoms with E-state index in [2.05, 4.69) is 21.0 Å². The van der Waals surface area contributed by atoms with Crippen LogP contribution in [0, 0.1) is 0 Å². The summed E-state index contributed by atoms with van der Waals surface area (Å²) in [7, 11) is 10.3. The molecular weight excluding hydrogens is 152 g/mol. The highest BCUT2D eigenvalue weighted by atomic mass is 16.9. The number of unbranched alkanes of at least 4 members (excludes halogenated alkanes) is 1. The molecule has 0 aliphatic carbocycles. The van der Waals surface area contributed by atoms with Crippen molar-refractivity contribution in [1.82, 2.24) is 0 Å². The molecule has 0 saturated carbocycles. The first-order chi connectivity index (χ1) is 5.27. The summed E-state index contributed by atoms with van der Waals surface area (Å²) in [6, 6.07) is 0. The van der Waals surface area contributed by atoms with E-state index in [1.807, 2.05) is 21.1 Å². The van der Waals surface area contributed by atoms with Gasteiger partial charge in [-0.3, -0.25) is 0 Å². The van der Waals surface area contributed by atoms with Gasteiger partial charge in [-0.25, -0.2) is 0 Å². The summed E-state index contributed by atoms with van der Waals surface area (Å²) >= 11 is 0. The summed E-state index contributed by atoms with van der Waals surface area (Å²) in [5, 5.41) is 0. The largest absolute Gasteiger partial charge is 0.135 e. The van der Waals surface area contributed by atoms with E-state index in [1.54, 1.807) is 0 Å². The second-order valence-corrected chi connectivity index (χ2v) is 4.62. The predicted molar refractivity (Wildman–Crippen MR) is 51.0 cm³/mol. The third-order valence-electron chi connectivity index (χ3n) is 1.52. The van der Waals surface area contributed by atoms with Gasteiger partial charge in [0, 0.05) is 0 Å². The van der Waals surface area contributed by atoms with Crippen molar-refractivity contribution in [2.45, 2.75) is 19.8 Å². The standard InChI is InChI=1S/C9H24N2O/c1-7-8-9-11(5,6)12-10(2,3)4/h7-9H2,1-6H3/q+2. The molecule has 74 valence electrons. The van der Waals surface area contributed by atoms with Gasteiger partial charge < -0.3 is 0 Å². The van der Waals surface area contributed by atoms with E-state index in [9.17, 15) is 0 Å². The van der Waals surface area contributed by atoms with Crippen LogP contribution in [-0.2, 0) is 4.94 Å². The zero-order valence-electron chi connectivity index (χ0n) is 9.42. The summed E-state index contributed by atoms with van der Waals surface area (Å²) in [6.45, 7) is 3.28. The first-order valence-corrected chi connectivity index (χ1v) is 4.62.